The smallest absolute Gasteiger partial charge is 0.265 e. The summed E-state index contributed by atoms with van der Waals surface area (Å²) in [6.45, 7) is 0.976. The highest BCUT2D eigenvalue weighted by atomic mass is 32.1. The number of carbonyl (C=O) groups is 1. The molecule has 2 rings (SSSR count). The number of nitrogens with one attached hydrogen (secondary N) is 1. The number of ether oxygens (including phenoxy) is 1. The molecule has 0 atom stereocenters. The summed E-state index contributed by atoms with van der Waals surface area (Å²) >= 11 is 2.65. The number of thiophene rings is 1. The standard InChI is InChI=1S/C10H11N3O2S2/c1-15-5-4-11-10(14)9-8(12-13-17-9)7-3-2-6-16-7/h2-3,6H,4-5H2,1H3,(H,11,14). The van der Waals surface area contributed by atoms with Crippen molar-refractivity contribution in [3.05, 3.63) is 22.4 Å². The summed E-state index contributed by atoms with van der Waals surface area (Å²) in [5.74, 6) is -0.152. The van der Waals surface area contributed by atoms with Crippen LogP contribution in [0.25, 0.3) is 10.6 Å². The molecule has 2 aromatic rings. The first-order valence-electron chi connectivity index (χ1n) is 4.96. The van der Waals surface area contributed by atoms with Gasteiger partial charge in [-0.1, -0.05) is 10.6 Å². The molecule has 0 aliphatic carbocycles. The van der Waals surface area contributed by atoms with Gasteiger partial charge in [0, 0.05) is 13.7 Å². The number of aromatic nitrogens is 2. The number of carbonyl (C=O) groups excluding carboxylic acids is 1. The first-order valence-corrected chi connectivity index (χ1v) is 6.61. The van der Waals surface area contributed by atoms with Crippen LogP contribution in [0.15, 0.2) is 17.5 Å². The average molecular weight is 269 g/mol. The molecule has 0 saturated heterocycles. The van der Waals surface area contributed by atoms with Gasteiger partial charge in [-0.15, -0.1) is 16.4 Å². The van der Waals surface area contributed by atoms with E-state index in [1.54, 1.807) is 18.4 Å². The van der Waals surface area contributed by atoms with Crippen molar-refractivity contribution in [1.82, 2.24) is 14.9 Å². The Morgan fingerprint density at radius 2 is 2.47 bits per heavy atom. The SMILES string of the molecule is COCCNC(=O)c1snnc1-c1cccs1. The molecule has 0 aliphatic rings. The van der Waals surface area contributed by atoms with Crippen molar-refractivity contribution in [3.8, 4) is 10.6 Å². The van der Waals surface area contributed by atoms with E-state index in [9.17, 15) is 4.79 Å². The van der Waals surface area contributed by atoms with Crippen LogP contribution >= 0.6 is 22.9 Å². The van der Waals surface area contributed by atoms with E-state index in [0.717, 1.165) is 16.4 Å². The summed E-state index contributed by atoms with van der Waals surface area (Å²) in [5, 5.41) is 8.70. The topological polar surface area (TPSA) is 64.1 Å². The molecule has 2 heterocycles. The van der Waals surface area contributed by atoms with Crippen molar-refractivity contribution in [2.75, 3.05) is 20.3 Å². The van der Waals surface area contributed by atoms with Crippen LogP contribution < -0.4 is 5.32 Å². The lowest BCUT2D eigenvalue weighted by molar-refractivity contribution is 0.0941. The summed E-state index contributed by atoms with van der Waals surface area (Å²) in [5.41, 5.74) is 0.653. The number of nitrogens with zero attached hydrogens (tertiary/aromatic N) is 2. The van der Waals surface area contributed by atoms with E-state index < -0.39 is 0 Å². The normalized spacial score (nSPS) is 10.4. The van der Waals surface area contributed by atoms with Gasteiger partial charge in [-0.3, -0.25) is 4.79 Å². The van der Waals surface area contributed by atoms with E-state index in [2.05, 4.69) is 14.9 Å². The van der Waals surface area contributed by atoms with Gasteiger partial charge in [-0.2, -0.15) is 0 Å². The first-order chi connectivity index (χ1) is 8.33. The fourth-order valence-corrected chi connectivity index (χ4v) is 2.64. The minimum Gasteiger partial charge on any atom is -0.383 e. The van der Waals surface area contributed by atoms with Crippen molar-refractivity contribution in [3.63, 3.8) is 0 Å². The third kappa shape index (κ3) is 2.87. The van der Waals surface area contributed by atoms with Crippen molar-refractivity contribution in [2.24, 2.45) is 0 Å². The molecule has 1 amide bonds. The van der Waals surface area contributed by atoms with Crippen LogP contribution in [0.3, 0.4) is 0 Å². The van der Waals surface area contributed by atoms with Crippen molar-refractivity contribution < 1.29 is 9.53 Å². The Morgan fingerprint density at radius 3 is 3.18 bits per heavy atom. The Labute approximate surface area is 107 Å². The zero-order valence-electron chi connectivity index (χ0n) is 9.17. The van der Waals surface area contributed by atoms with Gasteiger partial charge in [-0.25, -0.2) is 0 Å². The highest BCUT2D eigenvalue weighted by Gasteiger charge is 2.17. The van der Waals surface area contributed by atoms with Gasteiger partial charge in [0.05, 0.1) is 11.5 Å². The van der Waals surface area contributed by atoms with Crippen molar-refractivity contribution >= 4 is 28.8 Å². The molecule has 0 bridgehead atoms. The second kappa shape index (κ2) is 5.85. The molecular formula is C10H11N3O2S2. The van der Waals surface area contributed by atoms with Crippen LogP contribution in [0.2, 0.25) is 0 Å². The van der Waals surface area contributed by atoms with E-state index in [1.165, 1.54) is 0 Å². The molecule has 7 heteroatoms. The Kier molecular flexibility index (Phi) is 4.18. The predicted octanol–water partition coefficient (Wildman–Crippen LogP) is 1.64. The van der Waals surface area contributed by atoms with Gasteiger partial charge in [0.15, 0.2) is 0 Å². The first kappa shape index (κ1) is 12.2. The molecule has 0 aromatic carbocycles. The maximum Gasteiger partial charge on any atom is 0.265 e. The zero-order chi connectivity index (χ0) is 12.1. The van der Waals surface area contributed by atoms with Gasteiger partial charge in [-0.05, 0) is 23.0 Å². The zero-order valence-corrected chi connectivity index (χ0v) is 10.8. The molecule has 0 aliphatic heterocycles. The lowest BCUT2D eigenvalue weighted by Crippen LogP contribution is -2.26. The molecule has 90 valence electrons. The van der Waals surface area contributed by atoms with Crippen LogP contribution in [-0.4, -0.2) is 35.8 Å². The minimum absolute atomic E-state index is 0.152. The van der Waals surface area contributed by atoms with E-state index in [0.29, 0.717) is 23.7 Å². The van der Waals surface area contributed by atoms with Crippen LogP contribution in [0, 0.1) is 0 Å². The van der Waals surface area contributed by atoms with Crippen LogP contribution in [0.4, 0.5) is 0 Å². The highest BCUT2D eigenvalue weighted by molar-refractivity contribution is 7.14. The quantitative estimate of drug-likeness (QED) is 0.838. The van der Waals surface area contributed by atoms with Crippen LogP contribution in [0.5, 0.6) is 0 Å². The molecular weight excluding hydrogens is 258 g/mol. The summed E-state index contributed by atoms with van der Waals surface area (Å²) in [7, 11) is 1.59. The number of methoxy groups -OCH3 is 1. The highest BCUT2D eigenvalue weighted by Crippen LogP contribution is 2.27. The third-order valence-corrected chi connectivity index (χ3v) is 3.64. The van der Waals surface area contributed by atoms with Crippen LogP contribution in [0.1, 0.15) is 9.67 Å². The van der Waals surface area contributed by atoms with Crippen molar-refractivity contribution in [1.29, 1.82) is 0 Å². The van der Waals surface area contributed by atoms with E-state index >= 15 is 0 Å². The summed E-state index contributed by atoms with van der Waals surface area (Å²) in [6, 6.07) is 3.85. The van der Waals surface area contributed by atoms with Gasteiger partial charge in [0.2, 0.25) is 0 Å². The fraction of sp³-hybridized carbons (Fsp3) is 0.300. The predicted molar refractivity (Wildman–Crippen MR) is 67.4 cm³/mol. The lowest BCUT2D eigenvalue weighted by Gasteiger charge is -2.02. The Balaban J connectivity index is 2.11. The molecule has 2 aromatic heterocycles. The van der Waals surface area contributed by atoms with E-state index in [1.807, 2.05) is 17.5 Å². The second-order valence-electron chi connectivity index (χ2n) is 3.18. The molecule has 0 unspecified atom stereocenters. The van der Waals surface area contributed by atoms with E-state index in [4.69, 9.17) is 4.74 Å². The number of rotatable bonds is 5. The number of hydrogen-bond acceptors (Lipinski definition) is 6. The molecule has 17 heavy (non-hydrogen) atoms. The van der Waals surface area contributed by atoms with E-state index in [-0.39, 0.29) is 5.91 Å². The van der Waals surface area contributed by atoms with Gasteiger partial charge in [0.1, 0.15) is 10.6 Å². The largest absolute Gasteiger partial charge is 0.383 e. The summed E-state index contributed by atoms with van der Waals surface area (Å²) < 4.78 is 8.71. The summed E-state index contributed by atoms with van der Waals surface area (Å²) in [4.78, 5) is 13.4. The fourth-order valence-electron chi connectivity index (χ4n) is 1.26. The van der Waals surface area contributed by atoms with Crippen molar-refractivity contribution in [2.45, 2.75) is 0 Å². The Bertz CT molecular complexity index is 481. The van der Waals surface area contributed by atoms with Gasteiger partial charge < -0.3 is 10.1 Å². The van der Waals surface area contributed by atoms with Gasteiger partial charge >= 0.3 is 0 Å². The Morgan fingerprint density at radius 1 is 1.59 bits per heavy atom. The molecule has 1 N–H and O–H groups in total. The molecule has 0 radical (unpaired) electrons. The van der Waals surface area contributed by atoms with Crippen LogP contribution in [-0.2, 0) is 4.74 Å². The number of amides is 1. The number of hydrogen-bond donors (Lipinski definition) is 1. The minimum atomic E-state index is -0.152. The third-order valence-electron chi connectivity index (χ3n) is 2.04. The molecule has 0 saturated carbocycles. The average Bonchev–Trinajstić information content (AvgIpc) is 2.99. The monoisotopic (exact) mass is 269 g/mol. The molecule has 0 spiro atoms. The molecule has 0 fully saturated rings. The summed E-state index contributed by atoms with van der Waals surface area (Å²) in [6.07, 6.45) is 0. The maximum absolute atomic E-state index is 11.9. The van der Waals surface area contributed by atoms with Gasteiger partial charge in [0.25, 0.3) is 5.91 Å². The lowest BCUT2D eigenvalue weighted by atomic mass is 10.3. The Hall–Kier alpha value is -1.31. The molecule has 5 nitrogen and oxygen atoms in total. The maximum atomic E-state index is 11.9. The second-order valence-corrected chi connectivity index (χ2v) is 4.88.